The lowest BCUT2D eigenvalue weighted by Gasteiger charge is -2.28. The highest BCUT2D eigenvalue weighted by Crippen LogP contribution is 2.11. The Morgan fingerprint density at radius 1 is 1.23 bits per heavy atom. The number of likely N-dealkylation sites (tertiary alicyclic amines) is 1. The van der Waals surface area contributed by atoms with Crippen molar-refractivity contribution < 1.29 is 4.74 Å². The Morgan fingerprint density at radius 2 is 1.91 bits per heavy atom. The molecule has 6 heteroatoms. The van der Waals surface area contributed by atoms with Crippen LogP contribution in [-0.4, -0.2) is 63.3 Å². The number of aliphatic imine (C=N–C) groups is 1. The summed E-state index contributed by atoms with van der Waals surface area (Å²) >= 11 is 0. The van der Waals surface area contributed by atoms with Crippen molar-refractivity contribution in [1.82, 2.24) is 15.5 Å². The zero-order valence-corrected chi connectivity index (χ0v) is 17.1. The highest BCUT2D eigenvalue weighted by Gasteiger charge is 2.13. The number of ether oxygens (including phenoxy) is 1. The topological polar surface area (TPSA) is 48.9 Å². The average Bonchev–Trinajstić information content (AvgIpc) is 2.46. The summed E-state index contributed by atoms with van der Waals surface area (Å²) in [4.78, 5) is 7.29. The van der Waals surface area contributed by atoms with Crippen LogP contribution in [0.2, 0.25) is 0 Å². The van der Waals surface area contributed by atoms with E-state index in [0.717, 1.165) is 25.6 Å². The van der Waals surface area contributed by atoms with Gasteiger partial charge in [0, 0.05) is 32.8 Å². The molecule has 0 amide bonds. The molecular weight excluding hydrogens is 391 g/mol. The fourth-order valence-electron chi connectivity index (χ4n) is 2.73. The highest BCUT2D eigenvalue weighted by molar-refractivity contribution is 14.0. The molecular formula is C16H35IN4O. The normalized spacial score (nSPS) is 19.2. The van der Waals surface area contributed by atoms with Gasteiger partial charge in [-0.25, -0.2) is 0 Å². The van der Waals surface area contributed by atoms with Crippen molar-refractivity contribution in [2.45, 2.75) is 46.1 Å². The van der Waals surface area contributed by atoms with Gasteiger partial charge in [0.15, 0.2) is 5.96 Å². The minimum absolute atomic E-state index is 0. The molecule has 0 spiro atoms. The zero-order valence-electron chi connectivity index (χ0n) is 14.7. The Hall–Kier alpha value is -0.0800. The lowest BCUT2D eigenvalue weighted by Crippen LogP contribution is -2.44. The van der Waals surface area contributed by atoms with E-state index in [1.165, 1.54) is 32.4 Å². The van der Waals surface area contributed by atoms with Crippen LogP contribution in [0.1, 0.15) is 40.0 Å². The van der Waals surface area contributed by atoms with Crippen LogP contribution in [0, 0.1) is 5.92 Å². The lowest BCUT2D eigenvalue weighted by molar-refractivity contribution is 0.179. The maximum atomic E-state index is 5.16. The molecule has 1 fully saturated rings. The number of hydrogen-bond acceptors (Lipinski definition) is 3. The molecule has 2 N–H and O–H groups in total. The lowest BCUT2D eigenvalue weighted by atomic mass is 10.1. The van der Waals surface area contributed by atoms with E-state index >= 15 is 0 Å². The Kier molecular flexibility index (Phi) is 13.3. The second-order valence-corrected chi connectivity index (χ2v) is 6.19. The van der Waals surface area contributed by atoms with E-state index in [4.69, 9.17) is 9.73 Å². The van der Waals surface area contributed by atoms with Crippen LogP contribution >= 0.6 is 24.0 Å². The molecule has 0 aliphatic carbocycles. The van der Waals surface area contributed by atoms with E-state index in [9.17, 15) is 0 Å². The van der Waals surface area contributed by atoms with Crippen molar-refractivity contribution in [3.8, 4) is 0 Å². The molecule has 0 bridgehead atoms. The molecule has 2 unspecified atom stereocenters. The van der Waals surface area contributed by atoms with Crippen molar-refractivity contribution >= 4 is 29.9 Å². The van der Waals surface area contributed by atoms with Crippen LogP contribution in [0.3, 0.4) is 0 Å². The van der Waals surface area contributed by atoms with E-state index in [0.29, 0.717) is 12.5 Å². The number of nitrogens with one attached hydrogen (secondary N) is 2. The molecule has 22 heavy (non-hydrogen) atoms. The number of nitrogens with zero attached hydrogens (tertiary/aromatic N) is 2. The van der Waals surface area contributed by atoms with Gasteiger partial charge in [-0.1, -0.05) is 13.3 Å². The van der Waals surface area contributed by atoms with E-state index in [1.54, 1.807) is 7.11 Å². The maximum Gasteiger partial charge on any atom is 0.191 e. The van der Waals surface area contributed by atoms with Crippen LogP contribution in [-0.2, 0) is 4.74 Å². The monoisotopic (exact) mass is 426 g/mol. The Morgan fingerprint density at radius 3 is 2.50 bits per heavy atom. The first kappa shape index (κ1) is 21.9. The van der Waals surface area contributed by atoms with Gasteiger partial charge in [0.25, 0.3) is 0 Å². The van der Waals surface area contributed by atoms with Gasteiger partial charge in [-0.05, 0) is 45.7 Å². The van der Waals surface area contributed by atoms with Crippen molar-refractivity contribution in [3.63, 3.8) is 0 Å². The molecule has 0 radical (unpaired) electrons. The van der Waals surface area contributed by atoms with Crippen LogP contribution in [0.4, 0.5) is 0 Å². The molecule has 0 saturated carbocycles. The average molecular weight is 426 g/mol. The van der Waals surface area contributed by atoms with E-state index < -0.39 is 0 Å². The molecule has 132 valence electrons. The largest absolute Gasteiger partial charge is 0.383 e. The van der Waals surface area contributed by atoms with Crippen molar-refractivity contribution in [2.75, 3.05) is 46.4 Å². The molecule has 0 aromatic heterocycles. The standard InChI is InChI=1S/C16H34N4O.HI/c1-5-17-16(19-15(3)13-21-4)18-11-14(2)12-20-9-7-6-8-10-20;/h14-15H,5-13H2,1-4H3,(H2,17,18,19);1H. The zero-order chi connectivity index (χ0) is 15.5. The molecule has 0 aromatic rings. The third-order valence-electron chi connectivity index (χ3n) is 3.72. The fourth-order valence-corrected chi connectivity index (χ4v) is 2.73. The smallest absolute Gasteiger partial charge is 0.191 e. The third-order valence-corrected chi connectivity index (χ3v) is 3.72. The first-order valence-electron chi connectivity index (χ1n) is 8.41. The fraction of sp³-hybridized carbons (Fsp3) is 0.938. The number of hydrogen-bond donors (Lipinski definition) is 2. The van der Waals surface area contributed by atoms with Crippen LogP contribution in [0.15, 0.2) is 4.99 Å². The summed E-state index contributed by atoms with van der Waals surface area (Å²) in [5.41, 5.74) is 0. The summed E-state index contributed by atoms with van der Waals surface area (Å²) < 4.78 is 5.16. The maximum absolute atomic E-state index is 5.16. The van der Waals surface area contributed by atoms with Crippen LogP contribution in [0.5, 0.6) is 0 Å². The second kappa shape index (κ2) is 13.4. The molecule has 1 heterocycles. The minimum Gasteiger partial charge on any atom is -0.383 e. The molecule has 5 nitrogen and oxygen atoms in total. The first-order valence-corrected chi connectivity index (χ1v) is 8.41. The number of methoxy groups -OCH3 is 1. The highest BCUT2D eigenvalue weighted by atomic mass is 127. The summed E-state index contributed by atoms with van der Waals surface area (Å²) in [5, 5.41) is 6.68. The number of guanidine groups is 1. The van der Waals surface area contributed by atoms with Gasteiger partial charge in [-0.3, -0.25) is 4.99 Å². The molecule has 1 saturated heterocycles. The number of halogens is 1. The predicted molar refractivity (Wildman–Crippen MR) is 105 cm³/mol. The summed E-state index contributed by atoms with van der Waals surface area (Å²) in [6, 6.07) is 0.269. The van der Waals surface area contributed by atoms with Crippen molar-refractivity contribution in [1.29, 1.82) is 0 Å². The third kappa shape index (κ3) is 9.84. The van der Waals surface area contributed by atoms with E-state index in [-0.39, 0.29) is 30.0 Å². The number of piperidine rings is 1. The number of rotatable bonds is 8. The summed E-state index contributed by atoms with van der Waals surface area (Å²) in [6.45, 7) is 12.6. The van der Waals surface area contributed by atoms with Gasteiger partial charge in [-0.2, -0.15) is 0 Å². The quantitative estimate of drug-likeness (QED) is 0.355. The van der Waals surface area contributed by atoms with Crippen LogP contribution < -0.4 is 10.6 Å². The van der Waals surface area contributed by atoms with Gasteiger partial charge in [0.2, 0.25) is 0 Å². The Balaban J connectivity index is 0.00000441. The van der Waals surface area contributed by atoms with Gasteiger partial charge >= 0.3 is 0 Å². The summed E-state index contributed by atoms with van der Waals surface area (Å²) in [5.74, 6) is 1.49. The first-order chi connectivity index (χ1) is 10.2. The Bertz CT molecular complexity index is 296. The van der Waals surface area contributed by atoms with Gasteiger partial charge in [-0.15, -0.1) is 24.0 Å². The molecule has 0 aromatic carbocycles. The summed E-state index contributed by atoms with van der Waals surface area (Å²) in [7, 11) is 1.73. The predicted octanol–water partition coefficient (Wildman–Crippen LogP) is 2.32. The van der Waals surface area contributed by atoms with Crippen molar-refractivity contribution in [3.05, 3.63) is 0 Å². The van der Waals surface area contributed by atoms with Gasteiger partial charge < -0.3 is 20.3 Å². The molecule has 2 atom stereocenters. The van der Waals surface area contributed by atoms with Crippen LogP contribution in [0.25, 0.3) is 0 Å². The van der Waals surface area contributed by atoms with E-state index in [2.05, 4.69) is 36.3 Å². The van der Waals surface area contributed by atoms with E-state index in [1.807, 2.05) is 0 Å². The second-order valence-electron chi connectivity index (χ2n) is 6.19. The summed E-state index contributed by atoms with van der Waals surface area (Å²) in [6.07, 6.45) is 4.11. The minimum atomic E-state index is 0. The molecule has 1 aliphatic heterocycles. The van der Waals surface area contributed by atoms with Gasteiger partial charge in [0.1, 0.15) is 0 Å². The Labute approximate surface area is 153 Å². The van der Waals surface area contributed by atoms with Gasteiger partial charge in [0.05, 0.1) is 6.61 Å². The SMILES string of the molecule is CCNC(=NCC(C)CN1CCCCC1)NC(C)COC.I. The van der Waals surface area contributed by atoms with Crippen molar-refractivity contribution in [2.24, 2.45) is 10.9 Å². The molecule has 1 rings (SSSR count). The molecule has 1 aliphatic rings.